The molecule has 0 aliphatic heterocycles. The van der Waals surface area contributed by atoms with E-state index in [1.54, 1.807) is 25.7 Å². The van der Waals surface area contributed by atoms with Gasteiger partial charge in [-0.15, -0.1) is 0 Å². The Kier molecular flexibility index (Phi) is 6.05. The van der Waals surface area contributed by atoms with E-state index in [0.29, 0.717) is 0 Å². The molecule has 18 heavy (non-hydrogen) atoms. The summed E-state index contributed by atoms with van der Waals surface area (Å²) < 4.78 is 0. The summed E-state index contributed by atoms with van der Waals surface area (Å²) in [5.74, 6) is 4.23. The van der Waals surface area contributed by atoms with Crippen LogP contribution in [0.4, 0.5) is 0 Å². The van der Waals surface area contributed by atoms with Gasteiger partial charge in [0.25, 0.3) is 0 Å². The molecule has 1 atom stereocenters. The zero-order valence-corrected chi connectivity index (χ0v) is 12.8. The van der Waals surface area contributed by atoms with Crippen LogP contribution in [0.2, 0.25) is 0 Å². The number of rotatable bonds is 5. The van der Waals surface area contributed by atoms with Gasteiger partial charge in [0.15, 0.2) is 0 Å². The van der Waals surface area contributed by atoms with Gasteiger partial charge in [-0.1, -0.05) is 90.9 Å². The van der Waals surface area contributed by atoms with E-state index < -0.39 is 0 Å². The molecule has 0 aromatic carbocycles. The molecule has 0 radical (unpaired) electrons. The highest BCUT2D eigenvalue weighted by molar-refractivity contribution is 4.84. The molecule has 0 bridgehead atoms. The fourth-order valence-corrected chi connectivity index (χ4v) is 5.00. The van der Waals surface area contributed by atoms with E-state index in [0.717, 1.165) is 23.7 Å². The van der Waals surface area contributed by atoms with E-state index in [1.165, 1.54) is 51.4 Å². The van der Waals surface area contributed by atoms with Gasteiger partial charge in [0.2, 0.25) is 0 Å². The van der Waals surface area contributed by atoms with Crippen molar-refractivity contribution >= 4 is 0 Å². The molecule has 0 spiro atoms. The summed E-state index contributed by atoms with van der Waals surface area (Å²) in [6.45, 7) is 4.94. The normalized spacial score (nSPS) is 25.5. The minimum Gasteiger partial charge on any atom is -0.0654 e. The molecule has 0 aromatic heterocycles. The van der Waals surface area contributed by atoms with Crippen LogP contribution in [0.3, 0.4) is 0 Å². The quantitative estimate of drug-likeness (QED) is 0.545. The maximum atomic E-state index is 2.57. The predicted octanol–water partition coefficient (Wildman–Crippen LogP) is 6.20. The molecule has 0 heteroatoms. The van der Waals surface area contributed by atoms with Gasteiger partial charge in [0.05, 0.1) is 0 Å². The Labute approximate surface area is 115 Å². The van der Waals surface area contributed by atoms with Crippen LogP contribution in [-0.2, 0) is 0 Å². The van der Waals surface area contributed by atoms with Crippen LogP contribution < -0.4 is 0 Å². The Bertz CT molecular complexity index is 190. The zero-order valence-electron chi connectivity index (χ0n) is 12.8. The van der Waals surface area contributed by atoms with Gasteiger partial charge >= 0.3 is 0 Å². The lowest BCUT2D eigenvalue weighted by Crippen LogP contribution is -2.32. The highest BCUT2D eigenvalue weighted by Crippen LogP contribution is 2.44. The van der Waals surface area contributed by atoms with E-state index in [9.17, 15) is 0 Å². The largest absolute Gasteiger partial charge is 0.0654 e. The average Bonchev–Trinajstić information content (AvgIpc) is 2.42. The molecule has 0 aromatic rings. The van der Waals surface area contributed by atoms with Crippen LogP contribution in [0, 0.1) is 23.7 Å². The minimum atomic E-state index is 0.987. The van der Waals surface area contributed by atoms with Crippen molar-refractivity contribution in [3.63, 3.8) is 0 Å². The molecule has 0 nitrogen and oxygen atoms in total. The van der Waals surface area contributed by atoms with Gasteiger partial charge in [-0.2, -0.15) is 0 Å². The third-order valence-corrected chi connectivity index (χ3v) is 5.79. The lowest BCUT2D eigenvalue weighted by atomic mass is 9.64. The Morgan fingerprint density at radius 1 is 0.778 bits per heavy atom. The summed E-state index contributed by atoms with van der Waals surface area (Å²) in [5, 5.41) is 0. The van der Waals surface area contributed by atoms with Crippen molar-refractivity contribution in [3.8, 4) is 0 Å². The van der Waals surface area contributed by atoms with Crippen molar-refractivity contribution in [2.75, 3.05) is 0 Å². The van der Waals surface area contributed by atoms with Gasteiger partial charge in [0, 0.05) is 0 Å². The molecular formula is C18H34. The van der Waals surface area contributed by atoms with Crippen molar-refractivity contribution in [1.82, 2.24) is 0 Å². The zero-order chi connectivity index (χ0) is 12.8. The van der Waals surface area contributed by atoms with E-state index in [1.807, 2.05) is 0 Å². The summed E-state index contributed by atoms with van der Waals surface area (Å²) >= 11 is 0. The predicted molar refractivity (Wildman–Crippen MR) is 80.7 cm³/mol. The van der Waals surface area contributed by atoms with E-state index in [4.69, 9.17) is 0 Å². The molecule has 2 rings (SSSR count). The summed E-state index contributed by atoms with van der Waals surface area (Å²) in [6, 6.07) is 0. The van der Waals surface area contributed by atoms with Crippen molar-refractivity contribution in [3.05, 3.63) is 0 Å². The van der Waals surface area contributed by atoms with Gasteiger partial charge < -0.3 is 0 Å². The van der Waals surface area contributed by atoms with Gasteiger partial charge in [-0.25, -0.2) is 0 Å². The maximum absolute atomic E-state index is 2.57. The Morgan fingerprint density at radius 2 is 1.22 bits per heavy atom. The number of hydrogen-bond acceptors (Lipinski definition) is 0. The molecule has 2 saturated carbocycles. The highest BCUT2D eigenvalue weighted by atomic mass is 14.4. The molecule has 0 saturated heterocycles. The monoisotopic (exact) mass is 250 g/mol. The standard InChI is InChI=1S/C18H34/c1-3-10-15(2)18(16-11-6-4-7-12-16)17-13-8-5-9-14-17/h15-18H,3-14H2,1-2H3. The average molecular weight is 250 g/mol. The molecule has 0 N–H and O–H groups in total. The first-order valence-corrected chi connectivity index (χ1v) is 8.83. The van der Waals surface area contributed by atoms with Crippen LogP contribution in [0.25, 0.3) is 0 Å². The number of hydrogen-bond donors (Lipinski definition) is 0. The van der Waals surface area contributed by atoms with E-state index >= 15 is 0 Å². The lowest BCUT2D eigenvalue weighted by molar-refractivity contribution is 0.0898. The molecule has 2 aliphatic rings. The minimum absolute atomic E-state index is 0.987. The van der Waals surface area contributed by atoms with Gasteiger partial charge in [-0.05, 0) is 23.7 Å². The Balaban J connectivity index is 2.00. The second kappa shape index (κ2) is 7.56. The molecule has 2 aliphatic carbocycles. The van der Waals surface area contributed by atoms with Crippen molar-refractivity contribution < 1.29 is 0 Å². The van der Waals surface area contributed by atoms with E-state index in [2.05, 4.69) is 13.8 Å². The third kappa shape index (κ3) is 3.75. The first-order valence-electron chi connectivity index (χ1n) is 8.83. The summed E-state index contributed by atoms with van der Waals surface area (Å²) in [4.78, 5) is 0. The molecule has 1 unspecified atom stereocenters. The van der Waals surface area contributed by atoms with Crippen molar-refractivity contribution in [2.24, 2.45) is 23.7 Å². The first kappa shape index (κ1) is 14.4. The van der Waals surface area contributed by atoms with Crippen molar-refractivity contribution in [2.45, 2.75) is 90.9 Å². The second-order valence-electron chi connectivity index (χ2n) is 7.14. The summed E-state index contributed by atoms with van der Waals surface area (Å²) in [6.07, 6.45) is 18.2. The van der Waals surface area contributed by atoms with Crippen LogP contribution in [0.5, 0.6) is 0 Å². The molecular weight excluding hydrogens is 216 g/mol. The van der Waals surface area contributed by atoms with Crippen LogP contribution in [0.1, 0.15) is 90.9 Å². The molecule has 0 amide bonds. The fraction of sp³-hybridized carbons (Fsp3) is 1.00. The highest BCUT2D eigenvalue weighted by Gasteiger charge is 2.34. The summed E-state index contributed by atoms with van der Waals surface area (Å²) in [7, 11) is 0. The van der Waals surface area contributed by atoms with Gasteiger partial charge in [-0.3, -0.25) is 0 Å². The van der Waals surface area contributed by atoms with Crippen molar-refractivity contribution in [1.29, 1.82) is 0 Å². The van der Waals surface area contributed by atoms with Crippen LogP contribution >= 0.6 is 0 Å². The second-order valence-corrected chi connectivity index (χ2v) is 7.14. The Morgan fingerprint density at radius 3 is 1.61 bits per heavy atom. The van der Waals surface area contributed by atoms with E-state index in [-0.39, 0.29) is 0 Å². The summed E-state index contributed by atoms with van der Waals surface area (Å²) in [5.41, 5.74) is 0. The fourth-order valence-electron chi connectivity index (χ4n) is 5.00. The first-order chi connectivity index (χ1) is 8.83. The van der Waals surface area contributed by atoms with Crippen LogP contribution in [-0.4, -0.2) is 0 Å². The molecule has 2 fully saturated rings. The lowest BCUT2D eigenvalue weighted by Gasteiger charge is -2.41. The third-order valence-electron chi connectivity index (χ3n) is 5.79. The molecule has 0 heterocycles. The Hall–Kier alpha value is 0. The van der Waals surface area contributed by atoms with Gasteiger partial charge in [0.1, 0.15) is 0 Å². The smallest absolute Gasteiger partial charge is 0.0332 e. The SMILES string of the molecule is CCCC(C)C(C1CCCCC1)C1CCCCC1. The topological polar surface area (TPSA) is 0 Å². The van der Waals surface area contributed by atoms with Crippen LogP contribution in [0.15, 0.2) is 0 Å². The molecule has 106 valence electrons. The maximum Gasteiger partial charge on any atom is -0.0332 e.